The summed E-state index contributed by atoms with van der Waals surface area (Å²) in [7, 11) is 0. The molecule has 1 aromatic heterocycles. The van der Waals surface area contributed by atoms with Gasteiger partial charge in [-0.25, -0.2) is 0 Å². The van der Waals surface area contributed by atoms with E-state index in [4.69, 9.17) is 0 Å². The highest BCUT2D eigenvalue weighted by atomic mass is 32.1. The average molecular weight is 309 g/mol. The van der Waals surface area contributed by atoms with Crippen LogP contribution in [0.1, 0.15) is 58.8 Å². The van der Waals surface area contributed by atoms with Crippen molar-refractivity contribution < 1.29 is 0 Å². The van der Waals surface area contributed by atoms with Gasteiger partial charge in [0.1, 0.15) is 0 Å². The number of nitrogens with one attached hydrogen (secondary N) is 1. The summed E-state index contributed by atoms with van der Waals surface area (Å²) in [5.41, 5.74) is 0.557. The lowest BCUT2D eigenvalue weighted by atomic mass is 9.85. The third-order valence-corrected chi connectivity index (χ3v) is 5.35. The summed E-state index contributed by atoms with van der Waals surface area (Å²) in [4.78, 5) is 4.23. The second kappa shape index (κ2) is 6.80. The molecule has 1 aliphatic carbocycles. The lowest BCUT2D eigenvalue weighted by molar-refractivity contribution is 0.135. The second-order valence-electron chi connectivity index (χ2n) is 7.98. The average Bonchev–Trinajstić information content (AvgIpc) is 3.14. The van der Waals surface area contributed by atoms with Gasteiger partial charge in [-0.1, -0.05) is 19.9 Å². The van der Waals surface area contributed by atoms with Crippen LogP contribution in [-0.2, 0) is 6.54 Å². The molecule has 1 N–H and O–H groups in total. The molecule has 0 aromatic carbocycles. The van der Waals surface area contributed by atoms with Crippen molar-refractivity contribution in [3.8, 4) is 0 Å². The summed E-state index contributed by atoms with van der Waals surface area (Å²) in [6, 6.07) is 5.27. The molecule has 1 aliphatic rings. The van der Waals surface area contributed by atoms with Crippen molar-refractivity contribution in [2.75, 3.05) is 13.1 Å². The molecular formula is C18H32N2S. The summed E-state index contributed by atoms with van der Waals surface area (Å²) in [6.45, 7) is 15.0. The van der Waals surface area contributed by atoms with Gasteiger partial charge in [0.15, 0.2) is 0 Å². The Bertz CT molecular complexity index is 417. The Balaban J connectivity index is 1.96. The monoisotopic (exact) mass is 308 g/mol. The summed E-state index contributed by atoms with van der Waals surface area (Å²) >= 11 is 1.89. The van der Waals surface area contributed by atoms with Crippen molar-refractivity contribution in [2.45, 2.75) is 72.0 Å². The first-order valence-corrected chi connectivity index (χ1v) is 9.21. The van der Waals surface area contributed by atoms with Crippen LogP contribution in [0, 0.1) is 5.41 Å². The van der Waals surface area contributed by atoms with Crippen molar-refractivity contribution in [3.05, 3.63) is 22.4 Å². The highest BCUT2D eigenvalue weighted by Gasteiger charge is 2.34. The Kier molecular flexibility index (Phi) is 5.50. The Hall–Kier alpha value is -0.380. The van der Waals surface area contributed by atoms with E-state index in [2.05, 4.69) is 62.3 Å². The normalized spacial score (nSPS) is 19.0. The van der Waals surface area contributed by atoms with Crippen LogP contribution in [0.4, 0.5) is 0 Å². The minimum absolute atomic E-state index is 0.203. The van der Waals surface area contributed by atoms with E-state index in [-0.39, 0.29) is 5.54 Å². The van der Waals surface area contributed by atoms with Gasteiger partial charge in [-0.2, -0.15) is 0 Å². The largest absolute Gasteiger partial charge is 0.311 e. The third-order valence-electron chi connectivity index (χ3n) is 4.49. The summed E-state index contributed by atoms with van der Waals surface area (Å²) in [5, 5.41) is 5.91. The van der Waals surface area contributed by atoms with Crippen LogP contribution in [0.3, 0.4) is 0 Å². The van der Waals surface area contributed by atoms with Crippen molar-refractivity contribution in [2.24, 2.45) is 5.41 Å². The van der Waals surface area contributed by atoms with Gasteiger partial charge in [-0.15, -0.1) is 11.3 Å². The maximum absolute atomic E-state index is 3.71. The zero-order chi connectivity index (χ0) is 15.5. The lowest BCUT2D eigenvalue weighted by Crippen LogP contribution is -2.47. The van der Waals surface area contributed by atoms with Gasteiger partial charge in [-0.3, -0.25) is 4.90 Å². The highest BCUT2D eigenvalue weighted by Crippen LogP contribution is 2.33. The van der Waals surface area contributed by atoms with Gasteiger partial charge in [0.05, 0.1) is 0 Å². The minimum atomic E-state index is 0.203. The molecule has 0 spiro atoms. The van der Waals surface area contributed by atoms with Crippen LogP contribution in [0.5, 0.6) is 0 Å². The lowest BCUT2D eigenvalue weighted by Gasteiger charge is -2.37. The van der Waals surface area contributed by atoms with Crippen LogP contribution >= 0.6 is 11.3 Å². The fraction of sp³-hybridized carbons (Fsp3) is 0.778. The summed E-state index contributed by atoms with van der Waals surface area (Å²) in [5.74, 6) is 0. The quantitative estimate of drug-likeness (QED) is 0.760. The molecule has 2 nitrogen and oxygen atoms in total. The van der Waals surface area contributed by atoms with Crippen molar-refractivity contribution >= 4 is 11.3 Å². The van der Waals surface area contributed by atoms with Crippen LogP contribution in [0.2, 0.25) is 0 Å². The van der Waals surface area contributed by atoms with Crippen LogP contribution < -0.4 is 5.32 Å². The van der Waals surface area contributed by atoms with Crippen molar-refractivity contribution in [1.29, 1.82) is 0 Å². The highest BCUT2D eigenvalue weighted by molar-refractivity contribution is 7.09. The number of nitrogens with zero attached hydrogens (tertiary/aromatic N) is 1. The van der Waals surface area contributed by atoms with Crippen LogP contribution in [-0.4, -0.2) is 29.6 Å². The zero-order valence-electron chi connectivity index (χ0n) is 14.4. The first kappa shape index (κ1) is 17.0. The van der Waals surface area contributed by atoms with Crippen LogP contribution in [0.15, 0.2) is 17.5 Å². The number of hydrogen-bond acceptors (Lipinski definition) is 3. The Morgan fingerprint density at radius 3 is 2.48 bits per heavy atom. The van der Waals surface area contributed by atoms with E-state index in [9.17, 15) is 0 Å². The molecule has 1 fully saturated rings. The molecular weight excluding hydrogens is 276 g/mol. The minimum Gasteiger partial charge on any atom is -0.311 e. The Morgan fingerprint density at radius 2 is 2.00 bits per heavy atom. The van der Waals surface area contributed by atoms with E-state index in [0.717, 1.165) is 19.1 Å². The van der Waals surface area contributed by atoms with E-state index >= 15 is 0 Å². The third kappa shape index (κ3) is 5.72. The van der Waals surface area contributed by atoms with Gasteiger partial charge < -0.3 is 5.32 Å². The Morgan fingerprint density at radius 1 is 1.29 bits per heavy atom. The van der Waals surface area contributed by atoms with E-state index in [1.165, 1.54) is 30.7 Å². The van der Waals surface area contributed by atoms with Gasteiger partial charge in [-0.05, 0) is 56.9 Å². The molecule has 3 heteroatoms. The van der Waals surface area contributed by atoms with E-state index in [1.807, 2.05) is 11.3 Å². The smallest absolute Gasteiger partial charge is 0.0331 e. The standard InChI is InChI=1S/C18H32N2S/c1-6-18(5,13-19-17(2,3)4)14-20(15-9-10-15)12-16-8-7-11-21-16/h7-8,11,15,19H,6,9-10,12-14H2,1-5H3. The molecule has 1 saturated carbocycles. The second-order valence-corrected chi connectivity index (χ2v) is 9.02. The van der Waals surface area contributed by atoms with Gasteiger partial charge in [0.2, 0.25) is 0 Å². The van der Waals surface area contributed by atoms with Crippen LogP contribution in [0.25, 0.3) is 0 Å². The molecule has 0 bridgehead atoms. The van der Waals surface area contributed by atoms with Gasteiger partial charge >= 0.3 is 0 Å². The van der Waals surface area contributed by atoms with Crippen molar-refractivity contribution in [3.63, 3.8) is 0 Å². The summed E-state index contributed by atoms with van der Waals surface area (Å²) < 4.78 is 0. The van der Waals surface area contributed by atoms with Gasteiger partial charge in [0, 0.05) is 36.1 Å². The first-order chi connectivity index (χ1) is 9.81. The van der Waals surface area contributed by atoms with E-state index in [0.29, 0.717) is 5.41 Å². The maximum atomic E-state index is 3.71. The SMILES string of the molecule is CCC(C)(CNC(C)(C)C)CN(Cc1cccs1)C1CC1. The van der Waals surface area contributed by atoms with Crippen molar-refractivity contribution in [1.82, 2.24) is 10.2 Å². The van der Waals surface area contributed by atoms with E-state index in [1.54, 1.807) is 0 Å². The summed E-state index contributed by atoms with van der Waals surface area (Å²) in [6.07, 6.45) is 4.00. The van der Waals surface area contributed by atoms with E-state index < -0.39 is 0 Å². The first-order valence-electron chi connectivity index (χ1n) is 8.33. The fourth-order valence-corrected chi connectivity index (χ4v) is 3.35. The molecule has 0 saturated heterocycles. The Labute approximate surface area is 134 Å². The molecule has 1 heterocycles. The molecule has 21 heavy (non-hydrogen) atoms. The molecule has 0 radical (unpaired) electrons. The number of thiophene rings is 1. The topological polar surface area (TPSA) is 15.3 Å². The maximum Gasteiger partial charge on any atom is 0.0331 e. The molecule has 120 valence electrons. The zero-order valence-corrected chi connectivity index (χ0v) is 15.2. The molecule has 1 aromatic rings. The molecule has 1 unspecified atom stereocenters. The predicted octanol–water partition coefficient (Wildman–Crippen LogP) is 4.52. The number of hydrogen-bond donors (Lipinski definition) is 1. The number of rotatable bonds is 8. The molecule has 2 rings (SSSR count). The van der Waals surface area contributed by atoms with Gasteiger partial charge in [0.25, 0.3) is 0 Å². The fourth-order valence-electron chi connectivity index (χ4n) is 2.62. The molecule has 0 amide bonds. The molecule has 1 atom stereocenters. The molecule has 0 aliphatic heterocycles. The predicted molar refractivity (Wildman–Crippen MR) is 93.9 cm³/mol.